The van der Waals surface area contributed by atoms with Gasteiger partial charge in [-0.25, -0.2) is 0 Å². The highest BCUT2D eigenvalue weighted by Crippen LogP contribution is 2.46. The Morgan fingerprint density at radius 1 is 1.90 bits per heavy atom. The van der Waals surface area contributed by atoms with E-state index < -0.39 is 7.65 Å². The highest BCUT2D eigenvalue weighted by molar-refractivity contribution is 7.79. The zero-order valence-corrected chi connectivity index (χ0v) is 7.36. The number of ether oxygens (including phenoxy) is 1. The number of nitrogens with zero attached hydrogens (tertiary/aromatic N) is 1. The number of hydrogen-bond donors (Lipinski definition) is 0. The molecule has 0 aromatic carbocycles. The van der Waals surface area contributed by atoms with E-state index in [0.717, 1.165) is 12.3 Å². The molecule has 0 fully saturated rings. The second kappa shape index (κ2) is 4.12. The second-order valence-corrected chi connectivity index (χ2v) is 3.51. The van der Waals surface area contributed by atoms with Crippen molar-refractivity contribution in [1.29, 1.82) is 0 Å². The molecular formula is C5H9ClNO2P. The zero-order chi connectivity index (χ0) is 7.40. The molecule has 0 spiro atoms. The van der Waals surface area contributed by atoms with Crippen LogP contribution in [-0.4, -0.2) is 19.1 Å². The molecule has 3 nitrogen and oxygen atoms in total. The van der Waals surface area contributed by atoms with Crippen molar-refractivity contribution in [2.75, 3.05) is 13.2 Å². The van der Waals surface area contributed by atoms with Crippen LogP contribution in [0.4, 0.5) is 0 Å². The molecule has 0 aliphatic carbocycles. The maximum absolute atomic E-state index is 5.62. The third kappa shape index (κ3) is 2.41. The number of hydrogen-bond acceptors (Lipinski definition) is 3. The van der Waals surface area contributed by atoms with Gasteiger partial charge in [-0.1, -0.05) is 0 Å². The van der Waals surface area contributed by atoms with Gasteiger partial charge in [-0.15, -0.1) is 0 Å². The van der Waals surface area contributed by atoms with Crippen LogP contribution < -0.4 is 0 Å². The Morgan fingerprint density at radius 3 is 3.30 bits per heavy atom. The molecule has 1 heterocycles. The first-order valence-corrected chi connectivity index (χ1v) is 5.23. The molecule has 1 aliphatic rings. The lowest BCUT2D eigenvalue weighted by Gasteiger charge is -2.14. The van der Waals surface area contributed by atoms with Crippen molar-refractivity contribution in [3.63, 3.8) is 0 Å². The predicted octanol–water partition coefficient (Wildman–Crippen LogP) is 2.31. The summed E-state index contributed by atoms with van der Waals surface area (Å²) >= 11 is 5.62. The van der Waals surface area contributed by atoms with Gasteiger partial charge in [0.25, 0.3) is 7.65 Å². The third-order valence-electron chi connectivity index (χ3n) is 1.01. The molecule has 0 saturated carbocycles. The third-order valence-corrected chi connectivity index (χ3v) is 2.31. The van der Waals surface area contributed by atoms with Gasteiger partial charge >= 0.3 is 0 Å². The highest BCUT2D eigenvalue weighted by Gasteiger charge is 2.13. The van der Waals surface area contributed by atoms with Crippen molar-refractivity contribution in [2.45, 2.75) is 13.3 Å². The van der Waals surface area contributed by atoms with Gasteiger partial charge in [0.1, 0.15) is 0 Å². The van der Waals surface area contributed by atoms with Gasteiger partial charge in [-0.3, -0.25) is 0 Å². The van der Waals surface area contributed by atoms with Gasteiger partial charge in [0.05, 0.1) is 13.2 Å². The summed E-state index contributed by atoms with van der Waals surface area (Å²) in [4.78, 5) is 0. The minimum absolute atomic E-state index is 0.633. The summed E-state index contributed by atoms with van der Waals surface area (Å²) in [5.74, 6) is 0.731. The fourth-order valence-corrected chi connectivity index (χ4v) is 1.74. The molecule has 1 aliphatic heterocycles. The summed E-state index contributed by atoms with van der Waals surface area (Å²) in [7, 11) is -1.11. The Labute approximate surface area is 66.1 Å². The summed E-state index contributed by atoms with van der Waals surface area (Å²) in [6.45, 7) is 3.21. The second-order valence-electron chi connectivity index (χ2n) is 1.74. The minimum Gasteiger partial charge on any atom is -0.481 e. The van der Waals surface area contributed by atoms with Gasteiger partial charge in [0, 0.05) is 6.42 Å². The zero-order valence-electron chi connectivity index (χ0n) is 5.71. The summed E-state index contributed by atoms with van der Waals surface area (Å²) in [5.41, 5.74) is 0. The highest BCUT2D eigenvalue weighted by atomic mass is 35.7. The Balaban J connectivity index is 2.41. The van der Waals surface area contributed by atoms with Gasteiger partial charge in [0.2, 0.25) is 0 Å². The topological polar surface area (TPSA) is 30.8 Å². The lowest BCUT2D eigenvalue weighted by atomic mass is 10.4. The normalized spacial score (nSPS) is 25.8. The standard InChI is InChI=1S/C5H9ClNO2P/c1-2-8-5-3-4-9-10(6)7-5/h2-4H2,1H3. The largest absolute Gasteiger partial charge is 0.481 e. The maximum Gasteiger partial charge on any atom is 0.259 e. The molecule has 1 rings (SSSR count). The van der Waals surface area contributed by atoms with Crippen molar-refractivity contribution in [1.82, 2.24) is 0 Å². The molecule has 0 aromatic rings. The smallest absolute Gasteiger partial charge is 0.259 e. The average molecular weight is 182 g/mol. The van der Waals surface area contributed by atoms with Crippen molar-refractivity contribution in [2.24, 2.45) is 4.76 Å². The van der Waals surface area contributed by atoms with E-state index in [4.69, 9.17) is 20.5 Å². The lowest BCUT2D eigenvalue weighted by Crippen LogP contribution is -2.10. The van der Waals surface area contributed by atoms with Crippen LogP contribution in [0.1, 0.15) is 13.3 Å². The van der Waals surface area contributed by atoms with Crippen LogP contribution in [0.3, 0.4) is 0 Å². The van der Waals surface area contributed by atoms with E-state index in [9.17, 15) is 0 Å². The van der Waals surface area contributed by atoms with E-state index in [1.54, 1.807) is 0 Å². The van der Waals surface area contributed by atoms with Gasteiger partial charge in [-0.05, 0) is 18.2 Å². The minimum atomic E-state index is -1.11. The molecule has 0 amide bonds. The molecule has 10 heavy (non-hydrogen) atoms. The van der Waals surface area contributed by atoms with Crippen molar-refractivity contribution < 1.29 is 9.26 Å². The van der Waals surface area contributed by atoms with Crippen LogP contribution in [0.5, 0.6) is 0 Å². The summed E-state index contributed by atoms with van der Waals surface area (Å²) in [6.07, 6.45) is 0.749. The molecule has 0 N–H and O–H groups in total. The Bertz CT molecular complexity index is 142. The summed E-state index contributed by atoms with van der Waals surface area (Å²) in [5, 5.41) is 0. The summed E-state index contributed by atoms with van der Waals surface area (Å²) < 4.78 is 14.1. The van der Waals surface area contributed by atoms with Crippen molar-refractivity contribution in [3.05, 3.63) is 0 Å². The monoisotopic (exact) mass is 181 g/mol. The van der Waals surface area contributed by atoms with Gasteiger partial charge < -0.3 is 9.26 Å². The SMILES string of the molecule is CCOC1=NP(Cl)OCC1. The average Bonchev–Trinajstić information content (AvgIpc) is 1.88. The molecule has 58 valence electrons. The first kappa shape index (κ1) is 8.25. The van der Waals surface area contributed by atoms with E-state index in [2.05, 4.69) is 4.76 Å². The van der Waals surface area contributed by atoms with Crippen LogP contribution in [0.2, 0.25) is 0 Å². The lowest BCUT2D eigenvalue weighted by molar-refractivity contribution is 0.289. The quantitative estimate of drug-likeness (QED) is 0.582. The maximum atomic E-state index is 5.62. The molecule has 0 radical (unpaired) electrons. The first-order chi connectivity index (χ1) is 4.83. The van der Waals surface area contributed by atoms with Gasteiger partial charge in [0.15, 0.2) is 5.90 Å². The van der Waals surface area contributed by atoms with Crippen LogP contribution in [0, 0.1) is 0 Å². The Hall–Kier alpha value is 0.150. The van der Waals surface area contributed by atoms with Crippen LogP contribution in [0.15, 0.2) is 4.76 Å². The van der Waals surface area contributed by atoms with Gasteiger partial charge in [-0.2, -0.15) is 4.76 Å². The van der Waals surface area contributed by atoms with Crippen LogP contribution in [0.25, 0.3) is 0 Å². The van der Waals surface area contributed by atoms with Crippen LogP contribution >= 0.6 is 18.9 Å². The van der Waals surface area contributed by atoms with E-state index in [1.165, 1.54) is 0 Å². The fraction of sp³-hybridized carbons (Fsp3) is 0.800. The first-order valence-electron chi connectivity index (χ1n) is 3.12. The van der Waals surface area contributed by atoms with E-state index >= 15 is 0 Å². The predicted molar refractivity (Wildman–Crippen MR) is 42.4 cm³/mol. The van der Waals surface area contributed by atoms with Crippen molar-refractivity contribution in [3.8, 4) is 0 Å². The van der Waals surface area contributed by atoms with E-state index in [1.807, 2.05) is 6.92 Å². The Kier molecular flexibility index (Phi) is 3.40. The van der Waals surface area contributed by atoms with Crippen LogP contribution in [-0.2, 0) is 9.26 Å². The van der Waals surface area contributed by atoms with Crippen molar-refractivity contribution >= 4 is 24.8 Å². The molecule has 1 atom stereocenters. The molecule has 0 saturated heterocycles. The molecule has 0 aromatic heterocycles. The molecule has 1 unspecified atom stereocenters. The fourth-order valence-electron chi connectivity index (χ4n) is 0.642. The molecular weight excluding hydrogens is 172 g/mol. The summed E-state index contributed by atoms with van der Waals surface area (Å²) in [6, 6.07) is 0. The molecule has 0 bridgehead atoms. The van der Waals surface area contributed by atoms with E-state index in [0.29, 0.717) is 13.2 Å². The molecule has 5 heteroatoms. The number of rotatable bonds is 1. The number of halogens is 1. The van der Waals surface area contributed by atoms with E-state index in [-0.39, 0.29) is 0 Å². The Morgan fingerprint density at radius 2 is 2.70 bits per heavy atom.